The lowest BCUT2D eigenvalue weighted by Gasteiger charge is -2.26. The maximum absolute atomic E-state index is 11.2. The molecule has 0 aliphatic carbocycles. The highest BCUT2D eigenvalue weighted by molar-refractivity contribution is 5.73. The molecule has 0 amide bonds. The first kappa shape index (κ1) is 13.0. The van der Waals surface area contributed by atoms with Crippen LogP contribution in [0.2, 0.25) is 0 Å². The van der Waals surface area contributed by atoms with Gasteiger partial charge in [0, 0.05) is 12.0 Å². The number of hydrogen-bond acceptors (Lipinski definition) is 4. The van der Waals surface area contributed by atoms with Gasteiger partial charge in [0.05, 0.1) is 13.0 Å². The predicted octanol–water partition coefficient (Wildman–Crippen LogP) is 0.638. The Balaban J connectivity index is 2.60. The van der Waals surface area contributed by atoms with Gasteiger partial charge in [-0.15, -0.1) is 0 Å². The van der Waals surface area contributed by atoms with Crippen LogP contribution in [0.5, 0.6) is 0 Å². The number of carboxylic acids is 1. The Hall–Kier alpha value is -1.10. The Morgan fingerprint density at radius 3 is 2.62 bits per heavy atom. The third-order valence-corrected chi connectivity index (χ3v) is 3.28. The smallest absolute Gasteiger partial charge is 0.308 e. The molecule has 5 heteroatoms. The van der Waals surface area contributed by atoms with E-state index in [-0.39, 0.29) is 18.3 Å². The summed E-state index contributed by atoms with van der Waals surface area (Å²) in [4.78, 5) is 22.2. The highest BCUT2D eigenvalue weighted by Crippen LogP contribution is 2.34. The molecule has 1 rings (SSSR count). The van der Waals surface area contributed by atoms with Crippen molar-refractivity contribution in [3.8, 4) is 0 Å². The van der Waals surface area contributed by atoms with E-state index < -0.39 is 17.4 Å². The zero-order valence-corrected chi connectivity index (χ0v) is 9.95. The van der Waals surface area contributed by atoms with Gasteiger partial charge >= 0.3 is 11.9 Å². The number of carbonyl (C=O) groups excluding carboxylic acids is 1. The summed E-state index contributed by atoms with van der Waals surface area (Å²) in [6.45, 7) is 4.40. The molecule has 2 atom stereocenters. The highest BCUT2D eigenvalue weighted by atomic mass is 16.5. The molecule has 16 heavy (non-hydrogen) atoms. The minimum atomic E-state index is -0.801. The van der Waals surface area contributed by atoms with Crippen molar-refractivity contribution in [2.75, 3.05) is 13.7 Å². The van der Waals surface area contributed by atoms with Crippen LogP contribution in [0.15, 0.2) is 0 Å². The van der Waals surface area contributed by atoms with Crippen LogP contribution in [0.4, 0.5) is 0 Å². The molecule has 92 valence electrons. The van der Waals surface area contributed by atoms with Crippen molar-refractivity contribution < 1.29 is 19.4 Å². The lowest BCUT2D eigenvalue weighted by atomic mass is 9.81. The van der Waals surface area contributed by atoms with Gasteiger partial charge in [0.15, 0.2) is 0 Å². The summed E-state index contributed by atoms with van der Waals surface area (Å²) in [5, 5.41) is 12.4. The molecule has 0 aromatic heterocycles. The number of methoxy groups -OCH3 is 1. The van der Waals surface area contributed by atoms with Gasteiger partial charge in [-0.1, -0.05) is 0 Å². The summed E-state index contributed by atoms with van der Waals surface area (Å²) in [6, 6.07) is 0. The lowest BCUT2D eigenvalue weighted by Crippen LogP contribution is -2.42. The van der Waals surface area contributed by atoms with Crippen LogP contribution in [0.3, 0.4) is 0 Å². The van der Waals surface area contributed by atoms with E-state index in [0.717, 1.165) is 0 Å². The van der Waals surface area contributed by atoms with Gasteiger partial charge in [-0.2, -0.15) is 0 Å². The van der Waals surface area contributed by atoms with Gasteiger partial charge in [-0.05, 0) is 32.7 Å². The summed E-state index contributed by atoms with van der Waals surface area (Å²) >= 11 is 0. The molecule has 0 aromatic rings. The maximum Gasteiger partial charge on any atom is 0.308 e. The third-order valence-electron chi connectivity index (χ3n) is 3.28. The van der Waals surface area contributed by atoms with Crippen LogP contribution in [-0.2, 0) is 14.3 Å². The molecule has 5 nitrogen and oxygen atoms in total. The van der Waals surface area contributed by atoms with Gasteiger partial charge in [0.1, 0.15) is 0 Å². The molecule has 0 aromatic carbocycles. The lowest BCUT2D eigenvalue weighted by molar-refractivity contribution is -0.146. The molecule has 1 heterocycles. The van der Waals surface area contributed by atoms with Crippen LogP contribution in [0.1, 0.15) is 26.7 Å². The van der Waals surface area contributed by atoms with E-state index in [9.17, 15) is 14.7 Å². The summed E-state index contributed by atoms with van der Waals surface area (Å²) in [7, 11) is 1.34. The summed E-state index contributed by atoms with van der Waals surface area (Å²) in [5.41, 5.74) is -0.410. The SMILES string of the molecule is COC(=O)CCC1CNC(C)(C)C1C(=O)O. The Bertz CT molecular complexity index is 288. The van der Waals surface area contributed by atoms with E-state index in [1.807, 2.05) is 13.8 Å². The molecule has 0 bridgehead atoms. The monoisotopic (exact) mass is 229 g/mol. The first-order valence-corrected chi connectivity index (χ1v) is 5.43. The molecular weight excluding hydrogens is 210 g/mol. The standard InChI is InChI=1S/C11H19NO4/c1-11(2)9(10(14)15)7(6-12-11)4-5-8(13)16-3/h7,9,12H,4-6H2,1-3H3,(H,14,15). The van der Waals surface area contributed by atoms with Gasteiger partial charge in [0.25, 0.3) is 0 Å². The number of carbonyl (C=O) groups is 2. The van der Waals surface area contributed by atoms with E-state index in [1.165, 1.54) is 7.11 Å². The molecule has 0 saturated carbocycles. The highest BCUT2D eigenvalue weighted by Gasteiger charge is 2.46. The fourth-order valence-electron chi connectivity index (χ4n) is 2.40. The summed E-state index contributed by atoms with van der Waals surface area (Å²) < 4.78 is 4.55. The quantitative estimate of drug-likeness (QED) is 0.692. The van der Waals surface area contributed by atoms with Crippen LogP contribution in [0.25, 0.3) is 0 Å². The average Bonchev–Trinajstić information content (AvgIpc) is 2.50. The number of esters is 1. The van der Waals surface area contributed by atoms with Gasteiger partial charge in [-0.3, -0.25) is 9.59 Å². The van der Waals surface area contributed by atoms with E-state index in [4.69, 9.17) is 0 Å². The molecule has 2 unspecified atom stereocenters. The predicted molar refractivity (Wildman–Crippen MR) is 57.9 cm³/mol. The fraction of sp³-hybridized carbons (Fsp3) is 0.818. The van der Waals surface area contributed by atoms with Crippen molar-refractivity contribution >= 4 is 11.9 Å². The van der Waals surface area contributed by atoms with Crippen LogP contribution < -0.4 is 5.32 Å². The Morgan fingerprint density at radius 1 is 1.50 bits per heavy atom. The minimum absolute atomic E-state index is 0.00778. The molecule has 1 fully saturated rings. The van der Waals surface area contributed by atoms with Crippen LogP contribution in [-0.4, -0.2) is 36.2 Å². The minimum Gasteiger partial charge on any atom is -0.481 e. The second-order valence-electron chi connectivity index (χ2n) is 4.79. The second-order valence-corrected chi connectivity index (χ2v) is 4.79. The molecule has 1 saturated heterocycles. The van der Waals surface area contributed by atoms with Crippen molar-refractivity contribution in [2.24, 2.45) is 11.8 Å². The van der Waals surface area contributed by atoms with Crippen LogP contribution >= 0.6 is 0 Å². The number of ether oxygens (including phenoxy) is 1. The first-order chi connectivity index (χ1) is 7.38. The Morgan fingerprint density at radius 2 is 2.12 bits per heavy atom. The largest absolute Gasteiger partial charge is 0.481 e. The van der Waals surface area contributed by atoms with Crippen LogP contribution in [0, 0.1) is 11.8 Å². The normalized spacial score (nSPS) is 27.7. The number of carboxylic acid groups (broad SMARTS) is 1. The molecule has 2 N–H and O–H groups in total. The molecular formula is C11H19NO4. The van der Waals surface area contributed by atoms with E-state index in [2.05, 4.69) is 10.1 Å². The molecule has 1 aliphatic rings. The number of nitrogens with one attached hydrogen (secondary N) is 1. The Labute approximate surface area is 95.2 Å². The average molecular weight is 229 g/mol. The molecule has 0 spiro atoms. The van der Waals surface area contributed by atoms with Crippen molar-refractivity contribution in [1.82, 2.24) is 5.32 Å². The molecule has 1 aliphatic heterocycles. The number of rotatable bonds is 4. The second kappa shape index (κ2) is 4.82. The van der Waals surface area contributed by atoms with Gasteiger partial charge < -0.3 is 15.2 Å². The number of hydrogen-bond donors (Lipinski definition) is 2. The van der Waals surface area contributed by atoms with E-state index in [0.29, 0.717) is 13.0 Å². The maximum atomic E-state index is 11.2. The summed E-state index contributed by atoms with van der Waals surface area (Å²) in [5.74, 6) is -1.54. The Kier molecular flexibility index (Phi) is 3.91. The van der Waals surface area contributed by atoms with Gasteiger partial charge in [0.2, 0.25) is 0 Å². The zero-order chi connectivity index (χ0) is 12.3. The van der Waals surface area contributed by atoms with E-state index >= 15 is 0 Å². The number of aliphatic carboxylic acids is 1. The van der Waals surface area contributed by atoms with Crippen molar-refractivity contribution in [3.63, 3.8) is 0 Å². The van der Waals surface area contributed by atoms with Crippen molar-refractivity contribution in [1.29, 1.82) is 0 Å². The first-order valence-electron chi connectivity index (χ1n) is 5.43. The van der Waals surface area contributed by atoms with Crippen molar-refractivity contribution in [3.05, 3.63) is 0 Å². The topological polar surface area (TPSA) is 75.6 Å². The zero-order valence-electron chi connectivity index (χ0n) is 9.95. The summed E-state index contributed by atoms with van der Waals surface area (Å²) in [6.07, 6.45) is 0.836. The van der Waals surface area contributed by atoms with Crippen molar-refractivity contribution in [2.45, 2.75) is 32.2 Å². The van der Waals surface area contributed by atoms with Gasteiger partial charge in [-0.25, -0.2) is 0 Å². The molecule has 0 radical (unpaired) electrons. The fourth-order valence-corrected chi connectivity index (χ4v) is 2.40. The third kappa shape index (κ3) is 2.72. The van der Waals surface area contributed by atoms with E-state index in [1.54, 1.807) is 0 Å².